The van der Waals surface area contributed by atoms with Gasteiger partial charge in [-0.25, -0.2) is 13.9 Å². The van der Waals surface area contributed by atoms with Crippen LogP contribution in [0.2, 0.25) is 0 Å². The van der Waals surface area contributed by atoms with E-state index in [0.717, 1.165) is 18.4 Å². The number of benzene rings is 2. The Morgan fingerprint density at radius 3 is 2.50 bits per heavy atom. The Morgan fingerprint density at radius 1 is 1.11 bits per heavy atom. The second-order valence-corrected chi connectivity index (χ2v) is 6.95. The van der Waals surface area contributed by atoms with Gasteiger partial charge in [-0.05, 0) is 42.7 Å². The minimum Gasteiger partial charge on any atom is -0.354 e. The fourth-order valence-corrected chi connectivity index (χ4v) is 3.17. The summed E-state index contributed by atoms with van der Waals surface area (Å²) in [5.41, 5.74) is 1.45. The smallest absolute Gasteiger partial charge is 0.346 e. The lowest BCUT2D eigenvalue weighted by Gasteiger charge is -2.05. The van der Waals surface area contributed by atoms with Crippen LogP contribution in [0.15, 0.2) is 59.4 Å². The summed E-state index contributed by atoms with van der Waals surface area (Å²) in [7, 11) is 0. The van der Waals surface area contributed by atoms with Crippen molar-refractivity contribution in [2.45, 2.75) is 31.8 Å². The Balaban J connectivity index is 1.45. The van der Waals surface area contributed by atoms with Gasteiger partial charge in [0.2, 0.25) is 5.91 Å². The van der Waals surface area contributed by atoms with Crippen molar-refractivity contribution in [2.75, 3.05) is 6.54 Å². The quantitative estimate of drug-likeness (QED) is 0.685. The Kier molecular flexibility index (Phi) is 5.06. The normalized spacial score (nSPS) is 13.5. The number of nitrogens with zero attached hydrogens (tertiary/aromatic N) is 3. The molecule has 0 atom stereocenters. The summed E-state index contributed by atoms with van der Waals surface area (Å²) in [6.07, 6.45) is 2.17. The minimum absolute atomic E-state index is 0.0976. The van der Waals surface area contributed by atoms with E-state index in [9.17, 15) is 14.0 Å². The van der Waals surface area contributed by atoms with Crippen LogP contribution < -0.4 is 11.0 Å². The van der Waals surface area contributed by atoms with Crippen LogP contribution in [0, 0.1) is 5.82 Å². The molecule has 0 bridgehead atoms. The van der Waals surface area contributed by atoms with E-state index in [-0.39, 0.29) is 30.0 Å². The van der Waals surface area contributed by atoms with Crippen LogP contribution >= 0.6 is 0 Å². The van der Waals surface area contributed by atoms with Crippen LogP contribution in [0.5, 0.6) is 0 Å². The largest absolute Gasteiger partial charge is 0.354 e. The van der Waals surface area contributed by atoms with Crippen LogP contribution in [0.4, 0.5) is 4.39 Å². The molecule has 7 heteroatoms. The van der Waals surface area contributed by atoms with Crippen molar-refractivity contribution in [1.29, 1.82) is 0 Å². The molecule has 2 aromatic carbocycles. The van der Waals surface area contributed by atoms with Crippen LogP contribution in [-0.4, -0.2) is 26.8 Å². The van der Waals surface area contributed by atoms with E-state index in [1.165, 1.54) is 16.8 Å². The number of hydrogen-bond donors (Lipinski definition) is 1. The molecule has 1 N–H and O–H groups in total. The first-order valence-electron chi connectivity index (χ1n) is 9.38. The van der Waals surface area contributed by atoms with Gasteiger partial charge in [0.15, 0.2) is 5.82 Å². The number of hydrogen-bond acceptors (Lipinski definition) is 3. The van der Waals surface area contributed by atoms with E-state index in [4.69, 9.17) is 0 Å². The second kappa shape index (κ2) is 7.80. The highest BCUT2D eigenvalue weighted by molar-refractivity contribution is 5.78. The van der Waals surface area contributed by atoms with Gasteiger partial charge < -0.3 is 5.32 Å². The van der Waals surface area contributed by atoms with Crippen molar-refractivity contribution in [3.63, 3.8) is 0 Å². The predicted molar refractivity (Wildman–Crippen MR) is 103 cm³/mol. The standard InChI is InChI=1S/C21H21FN4O2/c22-17-8-6-16(7-9-17)20-24-25(21(28)26(20)18-10-11-18)13-12-23-19(27)14-15-4-2-1-3-5-15/h1-9,18H,10-14H2,(H,23,27). The number of halogens is 1. The van der Waals surface area contributed by atoms with E-state index in [1.54, 1.807) is 16.7 Å². The van der Waals surface area contributed by atoms with E-state index < -0.39 is 0 Å². The van der Waals surface area contributed by atoms with Crippen molar-refractivity contribution in [2.24, 2.45) is 0 Å². The minimum atomic E-state index is -0.329. The average molecular weight is 380 g/mol. The molecule has 1 amide bonds. The topological polar surface area (TPSA) is 68.9 Å². The zero-order chi connectivity index (χ0) is 19.5. The molecule has 0 spiro atoms. The maximum absolute atomic E-state index is 13.2. The fraction of sp³-hybridized carbons (Fsp3) is 0.286. The Hall–Kier alpha value is -3.22. The van der Waals surface area contributed by atoms with Gasteiger partial charge in [-0.2, -0.15) is 0 Å². The van der Waals surface area contributed by atoms with Crippen LogP contribution in [0.1, 0.15) is 24.4 Å². The molecule has 1 aliphatic carbocycles. The van der Waals surface area contributed by atoms with Gasteiger partial charge in [-0.15, -0.1) is 5.10 Å². The van der Waals surface area contributed by atoms with Gasteiger partial charge in [-0.3, -0.25) is 9.36 Å². The van der Waals surface area contributed by atoms with Crippen molar-refractivity contribution in [1.82, 2.24) is 19.7 Å². The second-order valence-electron chi connectivity index (χ2n) is 6.95. The number of amides is 1. The molecule has 4 rings (SSSR count). The summed E-state index contributed by atoms with van der Waals surface area (Å²) < 4.78 is 16.3. The summed E-state index contributed by atoms with van der Waals surface area (Å²) >= 11 is 0. The van der Waals surface area contributed by atoms with Crippen molar-refractivity contribution < 1.29 is 9.18 Å². The predicted octanol–water partition coefficient (Wildman–Crippen LogP) is 2.54. The number of nitrogens with one attached hydrogen (secondary N) is 1. The summed E-state index contributed by atoms with van der Waals surface area (Å²) in [4.78, 5) is 24.8. The monoisotopic (exact) mass is 380 g/mol. The molecule has 3 aromatic rings. The highest BCUT2D eigenvalue weighted by Crippen LogP contribution is 2.36. The summed E-state index contributed by atoms with van der Waals surface area (Å²) in [5, 5.41) is 7.28. The Labute approximate surface area is 161 Å². The molecule has 0 radical (unpaired) electrons. The van der Waals surface area contributed by atoms with Crippen LogP contribution in [0.3, 0.4) is 0 Å². The first-order chi connectivity index (χ1) is 13.6. The Bertz CT molecular complexity index is 1020. The summed E-state index contributed by atoms with van der Waals surface area (Å²) in [6, 6.07) is 15.6. The maximum Gasteiger partial charge on any atom is 0.346 e. The van der Waals surface area contributed by atoms with Gasteiger partial charge in [0, 0.05) is 18.2 Å². The highest BCUT2D eigenvalue weighted by atomic mass is 19.1. The van der Waals surface area contributed by atoms with E-state index in [2.05, 4.69) is 10.4 Å². The number of carbonyl (C=O) groups excluding carboxylic acids is 1. The van der Waals surface area contributed by atoms with Gasteiger partial charge >= 0.3 is 5.69 Å². The van der Waals surface area contributed by atoms with Gasteiger partial charge in [0.25, 0.3) is 0 Å². The summed E-state index contributed by atoms with van der Waals surface area (Å²) in [5.74, 6) is 0.118. The number of rotatable bonds is 7. The molecular formula is C21H21FN4O2. The van der Waals surface area contributed by atoms with E-state index in [0.29, 0.717) is 24.4 Å². The molecule has 28 heavy (non-hydrogen) atoms. The van der Waals surface area contributed by atoms with E-state index >= 15 is 0 Å². The Morgan fingerprint density at radius 2 is 1.82 bits per heavy atom. The third-order valence-corrected chi connectivity index (χ3v) is 4.74. The molecular weight excluding hydrogens is 359 g/mol. The van der Waals surface area contributed by atoms with Crippen molar-refractivity contribution in [3.8, 4) is 11.4 Å². The van der Waals surface area contributed by atoms with Gasteiger partial charge in [0.05, 0.1) is 13.0 Å². The molecule has 1 saturated carbocycles. The maximum atomic E-state index is 13.2. The van der Waals surface area contributed by atoms with Crippen molar-refractivity contribution in [3.05, 3.63) is 76.5 Å². The molecule has 1 heterocycles. The number of aromatic nitrogens is 3. The molecule has 144 valence electrons. The molecule has 6 nitrogen and oxygen atoms in total. The third-order valence-electron chi connectivity index (χ3n) is 4.74. The molecule has 1 aliphatic rings. The van der Waals surface area contributed by atoms with Gasteiger partial charge in [-0.1, -0.05) is 30.3 Å². The average Bonchev–Trinajstić information content (AvgIpc) is 3.48. The SMILES string of the molecule is O=C(Cc1ccccc1)NCCn1nc(-c2ccc(F)cc2)n(C2CC2)c1=O. The van der Waals surface area contributed by atoms with Crippen LogP contribution in [0.25, 0.3) is 11.4 Å². The molecule has 0 unspecified atom stereocenters. The van der Waals surface area contributed by atoms with Crippen LogP contribution in [-0.2, 0) is 17.8 Å². The molecule has 1 fully saturated rings. The molecule has 0 aliphatic heterocycles. The lowest BCUT2D eigenvalue weighted by atomic mass is 10.1. The number of carbonyl (C=O) groups is 1. The van der Waals surface area contributed by atoms with Crippen molar-refractivity contribution >= 4 is 5.91 Å². The highest BCUT2D eigenvalue weighted by Gasteiger charge is 2.30. The molecule has 1 aromatic heterocycles. The fourth-order valence-electron chi connectivity index (χ4n) is 3.17. The van der Waals surface area contributed by atoms with Gasteiger partial charge in [0.1, 0.15) is 5.82 Å². The third kappa shape index (κ3) is 4.03. The lowest BCUT2D eigenvalue weighted by molar-refractivity contribution is -0.120. The first kappa shape index (κ1) is 18.2. The molecule has 0 saturated heterocycles. The summed E-state index contributed by atoms with van der Waals surface area (Å²) in [6.45, 7) is 0.601. The lowest BCUT2D eigenvalue weighted by Crippen LogP contribution is -2.32. The first-order valence-corrected chi connectivity index (χ1v) is 9.38. The zero-order valence-electron chi connectivity index (χ0n) is 15.3. The van der Waals surface area contributed by atoms with E-state index in [1.807, 2.05) is 30.3 Å². The zero-order valence-corrected chi connectivity index (χ0v) is 15.3.